The number of rotatable bonds is 6. The molecule has 1 N–H and O–H groups in total. The highest BCUT2D eigenvalue weighted by atomic mass is 19.1. The zero-order valence-corrected chi connectivity index (χ0v) is 18.6. The van der Waals surface area contributed by atoms with Crippen LogP contribution in [-0.2, 0) is 14.3 Å². The number of benzene rings is 2. The number of nitrogens with zero attached hydrogens (tertiary/aromatic N) is 2. The van der Waals surface area contributed by atoms with Crippen LogP contribution in [0.5, 0.6) is 0 Å². The monoisotopic (exact) mass is 453 g/mol. The van der Waals surface area contributed by atoms with E-state index in [4.69, 9.17) is 0 Å². The van der Waals surface area contributed by atoms with Gasteiger partial charge in [-0.25, -0.2) is 9.18 Å². The molecular formula is C25H28FN3O4. The lowest BCUT2D eigenvalue weighted by molar-refractivity contribution is -0.124. The van der Waals surface area contributed by atoms with Crippen molar-refractivity contribution in [2.45, 2.75) is 50.6 Å². The van der Waals surface area contributed by atoms with Crippen LogP contribution in [0.25, 0.3) is 0 Å². The second-order valence-electron chi connectivity index (χ2n) is 8.37. The average Bonchev–Trinajstić information content (AvgIpc) is 3.11. The molecule has 2 aromatic rings. The Hall–Kier alpha value is -3.42. The van der Waals surface area contributed by atoms with Crippen LogP contribution in [0.2, 0.25) is 0 Å². The van der Waals surface area contributed by atoms with Gasteiger partial charge < -0.3 is 15.0 Å². The summed E-state index contributed by atoms with van der Waals surface area (Å²) in [6.45, 7) is 0.0339. The molecule has 1 aliphatic carbocycles. The third kappa shape index (κ3) is 4.69. The third-order valence-corrected chi connectivity index (χ3v) is 6.31. The number of alkyl carbamates (subject to hydrolysis) is 1. The van der Waals surface area contributed by atoms with E-state index in [2.05, 4.69) is 10.1 Å². The molecule has 174 valence electrons. The lowest BCUT2D eigenvalue weighted by atomic mass is 9.94. The molecule has 0 aromatic heterocycles. The van der Waals surface area contributed by atoms with E-state index >= 15 is 0 Å². The quantitative estimate of drug-likeness (QED) is 0.706. The molecule has 4 rings (SSSR count). The lowest BCUT2D eigenvalue weighted by Gasteiger charge is -2.33. The number of methoxy groups -OCH3 is 1. The summed E-state index contributed by atoms with van der Waals surface area (Å²) in [5.41, 5.74) is 1.84. The van der Waals surface area contributed by atoms with Gasteiger partial charge in [-0.15, -0.1) is 0 Å². The molecule has 1 heterocycles. The van der Waals surface area contributed by atoms with Crippen LogP contribution < -0.4 is 15.1 Å². The standard InChI is InChI=1S/C25H28FN3O4/c1-33-25(32)27-15-14-22(30)29(19-11-7-8-17(26)16-19)23-20-12-5-6-13-21(20)28(24(23)31)18-9-3-2-4-10-18/h5-8,11-13,16,18,23H,2-4,9-10,14-15H2,1H3,(H,27,32). The van der Waals surface area contributed by atoms with Crippen molar-refractivity contribution in [3.05, 3.63) is 59.9 Å². The van der Waals surface area contributed by atoms with E-state index in [0.717, 1.165) is 43.4 Å². The molecule has 0 radical (unpaired) electrons. The molecule has 1 atom stereocenters. The van der Waals surface area contributed by atoms with E-state index in [-0.39, 0.29) is 24.9 Å². The number of hydrogen-bond acceptors (Lipinski definition) is 4. The van der Waals surface area contributed by atoms with Crippen molar-refractivity contribution in [2.75, 3.05) is 23.5 Å². The number of carbonyl (C=O) groups is 3. The molecule has 8 heteroatoms. The molecule has 7 nitrogen and oxygen atoms in total. The van der Waals surface area contributed by atoms with Crippen LogP contribution in [0.3, 0.4) is 0 Å². The van der Waals surface area contributed by atoms with Gasteiger partial charge in [-0.3, -0.25) is 14.5 Å². The van der Waals surface area contributed by atoms with Gasteiger partial charge in [0.15, 0.2) is 0 Å². The summed E-state index contributed by atoms with van der Waals surface area (Å²) in [4.78, 5) is 41.8. The number of nitrogens with one attached hydrogen (secondary N) is 1. The molecule has 0 bridgehead atoms. The van der Waals surface area contributed by atoms with Gasteiger partial charge >= 0.3 is 6.09 Å². The third-order valence-electron chi connectivity index (χ3n) is 6.31. The Balaban J connectivity index is 1.70. The zero-order chi connectivity index (χ0) is 23.4. The Morgan fingerprint density at radius 3 is 2.61 bits per heavy atom. The van der Waals surface area contributed by atoms with Crippen LogP contribution in [0.4, 0.5) is 20.6 Å². The van der Waals surface area contributed by atoms with E-state index in [9.17, 15) is 18.8 Å². The van der Waals surface area contributed by atoms with Gasteiger partial charge in [0.05, 0.1) is 7.11 Å². The maximum Gasteiger partial charge on any atom is 0.406 e. The van der Waals surface area contributed by atoms with Crippen LogP contribution in [0.1, 0.15) is 50.1 Å². The summed E-state index contributed by atoms with van der Waals surface area (Å²) >= 11 is 0. The van der Waals surface area contributed by atoms with Crippen molar-refractivity contribution in [1.82, 2.24) is 5.32 Å². The summed E-state index contributed by atoms with van der Waals surface area (Å²) in [6, 6.07) is 12.4. The molecule has 3 amide bonds. The van der Waals surface area contributed by atoms with Gasteiger partial charge in [0.1, 0.15) is 11.9 Å². The molecule has 1 aliphatic heterocycles. The van der Waals surface area contributed by atoms with Gasteiger partial charge in [0.25, 0.3) is 5.91 Å². The van der Waals surface area contributed by atoms with Crippen LogP contribution >= 0.6 is 0 Å². The number of fused-ring (bicyclic) bond motifs is 1. The topological polar surface area (TPSA) is 79.0 Å². The fourth-order valence-corrected chi connectivity index (χ4v) is 4.81. The minimum Gasteiger partial charge on any atom is -0.453 e. The normalized spacial score (nSPS) is 18.1. The van der Waals surface area contributed by atoms with Gasteiger partial charge in [0.2, 0.25) is 5.91 Å². The second kappa shape index (κ2) is 10.0. The summed E-state index contributed by atoms with van der Waals surface area (Å²) < 4.78 is 18.7. The van der Waals surface area contributed by atoms with Crippen molar-refractivity contribution < 1.29 is 23.5 Å². The Kier molecular flexibility index (Phi) is 6.91. The summed E-state index contributed by atoms with van der Waals surface area (Å²) in [5, 5.41) is 2.48. The molecule has 1 fully saturated rings. The van der Waals surface area contributed by atoms with E-state index in [1.807, 2.05) is 29.2 Å². The average molecular weight is 454 g/mol. The fourth-order valence-electron chi connectivity index (χ4n) is 4.81. The Morgan fingerprint density at radius 1 is 1.12 bits per heavy atom. The predicted molar refractivity (Wildman–Crippen MR) is 122 cm³/mol. The minimum atomic E-state index is -0.893. The highest BCUT2D eigenvalue weighted by molar-refractivity contribution is 6.11. The maximum atomic E-state index is 14.1. The van der Waals surface area contributed by atoms with Gasteiger partial charge in [-0.1, -0.05) is 43.5 Å². The molecule has 0 saturated heterocycles. The number of halogens is 1. The Morgan fingerprint density at radius 2 is 1.88 bits per heavy atom. The smallest absolute Gasteiger partial charge is 0.406 e. The second-order valence-corrected chi connectivity index (χ2v) is 8.37. The SMILES string of the molecule is COC(=O)NCCC(=O)N(c1cccc(F)c1)C1C(=O)N(C2CCCCC2)c2ccccc21. The highest BCUT2D eigenvalue weighted by Gasteiger charge is 2.45. The first-order valence-corrected chi connectivity index (χ1v) is 11.3. The van der Waals surface area contributed by atoms with Gasteiger partial charge in [-0.2, -0.15) is 0 Å². The lowest BCUT2D eigenvalue weighted by Crippen LogP contribution is -2.46. The first-order valence-electron chi connectivity index (χ1n) is 11.3. The number of para-hydroxylation sites is 1. The first kappa shape index (κ1) is 22.8. The van der Waals surface area contributed by atoms with Crippen molar-refractivity contribution in [1.29, 1.82) is 0 Å². The Bertz CT molecular complexity index is 1040. The largest absolute Gasteiger partial charge is 0.453 e. The van der Waals surface area contributed by atoms with Crippen LogP contribution in [0.15, 0.2) is 48.5 Å². The number of hydrogen-bond donors (Lipinski definition) is 1. The molecule has 1 unspecified atom stereocenters. The summed E-state index contributed by atoms with van der Waals surface area (Å²) in [7, 11) is 1.24. The molecule has 2 aromatic carbocycles. The molecule has 1 saturated carbocycles. The minimum absolute atomic E-state index is 0.0339. The number of anilines is 2. The van der Waals surface area contributed by atoms with Crippen molar-refractivity contribution >= 4 is 29.3 Å². The van der Waals surface area contributed by atoms with E-state index in [0.29, 0.717) is 5.69 Å². The van der Waals surface area contributed by atoms with Crippen LogP contribution in [-0.4, -0.2) is 37.6 Å². The molecule has 33 heavy (non-hydrogen) atoms. The molecular weight excluding hydrogens is 425 g/mol. The number of ether oxygens (including phenoxy) is 1. The summed E-state index contributed by atoms with van der Waals surface area (Å²) in [6.07, 6.45) is 4.41. The van der Waals surface area contributed by atoms with Crippen molar-refractivity contribution in [3.63, 3.8) is 0 Å². The van der Waals surface area contributed by atoms with Crippen LogP contribution in [0, 0.1) is 5.82 Å². The zero-order valence-electron chi connectivity index (χ0n) is 18.6. The van der Waals surface area contributed by atoms with E-state index in [1.54, 1.807) is 6.07 Å². The van der Waals surface area contributed by atoms with Crippen molar-refractivity contribution in [2.24, 2.45) is 0 Å². The number of amides is 3. The maximum absolute atomic E-state index is 14.1. The number of carbonyl (C=O) groups excluding carboxylic acids is 3. The highest BCUT2D eigenvalue weighted by Crippen LogP contribution is 2.44. The van der Waals surface area contributed by atoms with E-state index < -0.39 is 23.9 Å². The predicted octanol–water partition coefficient (Wildman–Crippen LogP) is 4.33. The Labute approximate surface area is 192 Å². The van der Waals surface area contributed by atoms with E-state index in [1.165, 1.54) is 30.2 Å². The van der Waals surface area contributed by atoms with Gasteiger partial charge in [-0.05, 0) is 37.1 Å². The van der Waals surface area contributed by atoms with Crippen molar-refractivity contribution in [3.8, 4) is 0 Å². The first-order chi connectivity index (χ1) is 16.0. The molecule has 2 aliphatic rings. The fraction of sp³-hybridized carbons (Fsp3) is 0.400. The molecule has 0 spiro atoms. The summed E-state index contributed by atoms with van der Waals surface area (Å²) in [5.74, 6) is -1.07. The van der Waals surface area contributed by atoms with Gasteiger partial charge in [0, 0.05) is 35.9 Å².